The van der Waals surface area contributed by atoms with E-state index in [2.05, 4.69) is 0 Å². The van der Waals surface area contributed by atoms with Crippen LogP contribution in [0.5, 0.6) is 0 Å². The fourth-order valence-corrected chi connectivity index (χ4v) is 0. The molecule has 0 aliphatic carbocycles. The Morgan fingerprint density at radius 3 is 0.533 bits per heavy atom. The van der Waals surface area contributed by atoms with Crippen molar-refractivity contribution in [1.29, 1.82) is 0 Å². The molecule has 0 heterocycles. The van der Waals surface area contributed by atoms with Gasteiger partial charge in [-0.05, 0) is 0 Å². The summed E-state index contributed by atoms with van der Waals surface area (Å²) in [5, 5.41) is 44.2. The Bertz CT molecular complexity index is 116. The van der Waals surface area contributed by atoms with Crippen LogP contribution < -0.4 is 0 Å². The quantitative estimate of drug-likeness (QED) is 0.285. The van der Waals surface area contributed by atoms with Gasteiger partial charge in [-0.3, -0.25) is 0 Å². The molecule has 80 valence electrons. The SMILES string of the molecule is O.O=[N+]([O-])[O-].O=[N+]([O-])[O-].O=[N+]([O-])[O-].[Pr+3].[Pr+3]. The van der Waals surface area contributed by atoms with E-state index >= 15 is 0 Å². The molecule has 15 heavy (non-hydrogen) atoms. The van der Waals surface area contributed by atoms with E-state index in [1.165, 1.54) is 0 Å². The molecule has 15 heteroatoms. The Balaban J connectivity index is -0.0000000184. The Morgan fingerprint density at radius 2 is 0.533 bits per heavy atom. The number of rotatable bonds is 0. The van der Waals surface area contributed by atoms with Crippen molar-refractivity contribution in [1.82, 2.24) is 0 Å². The minimum absolute atomic E-state index is 0. The van der Waals surface area contributed by atoms with Crippen LogP contribution in [0, 0.1) is 129 Å². The Kier molecular flexibility index (Phi) is 70.5. The van der Waals surface area contributed by atoms with Gasteiger partial charge >= 0.3 is 82.6 Å². The van der Waals surface area contributed by atoms with E-state index < -0.39 is 15.3 Å². The molecule has 0 aliphatic heterocycles. The van der Waals surface area contributed by atoms with Crippen molar-refractivity contribution in [2.24, 2.45) is 0 Å². The number of hydrogen-bond acceptors (Lipinski definition) is 9. The average Bonchev–Trinajstić information content (AvgIpc) is 1.54. The van der Waals surface area contributed by atoms with Crippen LogP contribution in [-0.4, -0.2) is 20.7 Å². The van der Waals surface area contributed by atoms with Crippen LogP contribution in [0.15, 0.2) is 0 Å². The predicted molar refractivity (Wildman–Crippen MR) is 34.7 cm³/mol. The van der Waals surface area contributed by atoms with Gasteiger partial charge in [0.05, 0.1) is 15.3 Å². The molecule has 0 radical (unpaired) electrons. The molecule has 0 aromatic heterocycles. The van der Waals surface area contributed by atoms with Gasteiger partial charge in [0, 0.05) is 0 Å². The summed E-state index contributed by atoms with van der Waals surface area (Å²) < 4.78 is 0. The van der Waals surface area contributed by atoms with Crippen molar-refractivity contribution in [2.45, 2.75) is 0 Å². The summed E-state index contributed by atoms with van der Waals surface area (Å²) in [6, 6.07) is 0. The molecule has 0 rings (SSSR count). The van der Waals surface area contributed by atoms with Gasteiger partial charge in [-0.1, -0.05) is 0 Å². The first-order chi connectivity index (χ1) is 5.20. The van der Waals surface area contributed by atoms with Gasteiger partial charge in [0.15, 0.2) is 0 Å². The summed E-state index contributed by atoms with van der Waals surface area (Å²) in [4.78, 5) is 24.8. The molecule has 0 aliphatic rings. The molecule has 0 fully saturated rings. The first kappa shape index (κ1) is 36.2. The monoisotopic (exact) mass is 486 g/mol. The van der Waals surface area contributed by atoms with Gasteiger partial charge in [0.2, 0.25) is 0 Å². The molecule has 0 saturated carbocycles. The summed E-state index contributed by atoms with van der Waals surface area (Å²) in [5.74, 6) is 0. The summed E-state index contributed by atoms with van der Waals surface area (Å²) in [5.41, 5.74) is 0. The molecular formula is H2N3O10Pr2+3. The minimum Gasteiger partial charge on any atom is -0.412 e. The Labute approximate surface area is 147 Å². The largest absolute Gasteiger partial charge is 3.00 e. The van der Waals surface area contributed by atoms with Crippen molar-refractivity contribution in [2.75, 3.05) is 0 Å². The minimum atomic E-state index is -1.75. The van der Waals surface area contributed by atoms with E-state index in [0.717, 1.165) is 0 Å². The normalized spacial score (nSPS) is 4.80. The van der Waals surface area contributed by atoms with E-state index in [4.69, 9.17) is 46.0 Å². The molecule has 0 spiro atoms. The second kappa shape index (κ2) is 29.2. The average molecular weight is 486 g/mol. The fraction of sp³-hybridized carbons (Fsp3) is 0. The molecule has 0 aromatic carbocycles. The van der Waals surface area contributed by atoms with E-state index in [-0.39, 0.29) is 88.1 Å². The molecule has 0 bridgehead atoms. The summed E-state index contributed by atoms with van der Waals surface area (Å²) >= 11 is 0. The zero-order valence-corrected chi connectivity index (χ0v) is 14.1. The van der Waals surface area contributed by atoms with Crippen LogP contribution in [0.4, 0.5) is 0 Å². The summed E-state index contributed by atoms with van der Waals surface area (Å²) in [6.07, 6.45) is 0. The van der Waals surface area contributed by atoms with E-state index in [9.17, 15) is 0 Å². The van der Waals surface area contributed by atoms with Crippen molar-refractivity contribution < 1.29 is 103 Å². The molecule has 2 N–H and O–H groups in total. The molecule has 0 unspecified atom stereocenters. The maximum atomic E-state index is 8.25. The van der Waals surface area contributed by atoms with Crippen LogP contribution >= 0.6 is 0 Å². The third kappa shape index (κ3) is 26100. The van der Waals surface area contributed by atoms with Crippen LogP contribution in [0.25, 0.3) is 0 Å². The van der Waals surface area contributed by atoms with E-state index in [1.807, 2.05) is 0 Å². The zero-order valence-electron chi connectivity index (χ0n) is 6.67. The standard InChI is InChI=1S/3NO3.H2O.2Pr/c3*2-1(3)4;;;/h;;;1H2;;/q3*-1;;2*+3. The maximum Gasteiger partial charge on any atom is 3.00 e. The first-order valence-electron chi connectivity index (χ1n) is 1.64. The van der Waals surface area contributed by atoms with Gasteiger partial charge in [-0.25, -0.2) is 0 Å². The smallest absolute Gasteiger partial charge is 0.412 e. The van der Waals surface area contributed by atoms with Crippen molar-refractivity contribution in [3.8, 4) is 0 Å². The van der Waals surface area contributed by atoms with Gasteiger partial charge < -0.3 is 51.4 Å². The van der Waals surface area contributed by atoms with Crippen LogP contribution in [-0.2, 0) is 0 Å². The Hall–Kier alpha value is 0.287. The van der Waals surface area contributed by atoms with Crippen molar-refractivity contribution >= 4 is 0 Å². The topological polar surface area (TPSA) is 230 Å². The van der Waals surface area contributed by atoms with Gasteiger partial charge in [-0.2, -0.15) is 0 Å². The van der Waals surface area contributed by atoms with Gasteiger partial charge in [0.25, 0.3) is 0 Å². The zero-order chi connectivity index (χ0) is 10.7. The number of nitrogens with zero attached hydrogens (tertiary/aromatic N) is 3. The molecule has 0 amide bonds. The second-order valence-electron chi connectivity index (χ2n) is 0.671. The summed E-state index contributed by atoms with van der Waals surface area (Å²) in [6.45, 7) is 0. The molecular weight excluding hydrogens is 484 g/mol. The molecule has 0 aromatic rings. The van der Waals surface area contributed by atoms with Gasteiger partial charge in [0.1, 0.15) is 0 Å². The van der Waals surface area contributed by atoms with Crippen LogP contribution in [0.3, 0.4) is 0 Å². The summed E-state index contributed by atoms with van der Waals surface area (Å²) in [7, 11) is 0. The number of hydrogen-bond donors (Lipinski definition) is 0. The van der Waals surface area contributed by atoms with Crippen LogP contribution in [0.1, 0.15) is 0 Å². The van der Waals surface area contributed by atoms with Crippen LogP contribution in [0.2, 0.25) is 0 Å². The third-order valence-electron chi connectivity index (χ3n) is 0. The van der Waals surface area contributed by atoms with Crippen molar-refractivity contribution in [3.05, 3.63) is 46.0 Å². The Morgan fingerprint density at radius 1 is 0.533 bits per heavy atom. The third-order valence-corrected chi connectivity index (χ3v) is 0. The molecule has 0 saturated heterocycles. The van der Waals surface area contributed by atoms with Crippen molar-refractivity contribution in [3.63, 3.8) is 0 Å². The first-order valence-corrected chi connectivity index (χ1v) is 1.64. The molecule has 13 nitrogen and oxygen atoms in total. The molecule has 0 atom stereocenters. The van der Waals surface area contributed by atoms with Gasteiger partial charge in [-0.15, -0.1) is 0 Å². The fourth-order valence-electron chi connectivity index (χ4n) is 0. The maximum absolute atomic E-state index is 8.25. The second-order valence-corrected chi connectivity index (χ2v) is 0.671. The predicted octanol–water partition coefficient (Wildman–Crippen LogP) is -1.54. The van der Waals surface area contributed by atoms with E-state index in [0.29, 0.717) is 0 Å². The van der Waals surface area contributed by atoms with E-state index in [1.54, 1.807) is 0 Å².